The van der Waals surface area contributed by atoms with Crippen molar-refractivity contribution >= 4 is 17.9 Å². The van der Waals surface area contributed by atoms with Crippen molar-refractivity contribution in [2.45, 2.75) is 226 Å². The van der Waals surface area contributed by atoms with Gasteiger partial charge in [-0.25, -0.2) is 0 Å². The fourth-order valence-electron chi connectivity index (χ4n) is 6.33. The predicted octanol–water partition coefficient (Wildman–Crippen LogP) is 14.9. The van der Waals surface area contributed by atoms with Crippen molar-refractivity contribution < 1.29 is 28.6 Å². The molecule has 0 bridgehead atoms. The maximum absolute atomic E-state index is 12.7. The summed E-state index contributed by atoms with van der Waals surface area (Å²) in [6.07, 6.45) is 53.4. The van der Waals surface area contributed by atoms with Crippen LogP contribution < -0.4 is 0 Å². The van der Waals surface area contributed by atoms with Crippen LogP contribution in [0.2, 0.25) is 0 Å². The van der Waals surface area contributed by atoms with E-state index in [1.807, 2.05) is 18.2 Å². The molecular formula is C50H86O6. The summed E-state index contributed by atoms with van der Waals surface area (Å²) in [7, 11) is 0. The minimum atomic E-state index is -0.787. The van der Waals surface area contributed by atoms with Gasteiger partial charge in [-0.3, -0.25) is 14.4 Å². The van der Waals surface area contributed by atoms with E-state index in [4.69, 9.17) is 14.2 Å². The van der Waals surface area contributed by atoms with Crippen molar-refractivity contribution in [3.63, 3.8) is 0 Å². The molecule has 1 unspecified atom stereocenters. The van der Waals surface area contributed by atoms with Gasteiger partial charge in [0.1, 0.15) is 13.2 Å². The highest BCUT2D eigenvalue weighted by Crippen LogP contribution is 2.13. The maximum Gasteiger partial charge on any atom is 0.306 e. The Hall–Kier alpha value is -2.89. The van der Waals surface area contributed by atoms with Gasteiger partial charge in [0, 0.05) is 19.3 Å². The molecule has 0 aliphatic carbocycles. The van der Waals surface area contributed by atoms with Crippen LogP contribution in [0.3, 0.4) is 0 Å². The largest absolute Gasteiger partial charge is 0.462 e. The lowest BCUT2D eigenvalue weighted by Crippen LogP contribution is -2.30. The van der Waals surface area contributed by atoms with Crippen molar-refractivity contribution in [1.29, 1.82) is 0 Å². The number of allylic oxidation sites excluding steroid dienone is 10. The monoisotopic (exact) mass is 783 g/mol. The average molecular weight is 783 g/mol. The third-order valence-corrected chi connectivity index (χ3v) is 9.85. The summed E-state index contributed by atoms with van der Waals surface area (Å²) in [5.41, 5.74) is 0. The molecule has 0 aliphatic rings. The topological polar surface area (TPSA) is 78.9 Å². The Labute approximate surface area is 345 Å². The third kappa shape index (κ3) is 42.3. The summed E-state index contributed by atoms with van der Waals surface area (Å²) in [4.78, 5) is 37.7. The molecule has 6 nitrogen and oxygen atoms in total. The molecule has 0 aromatic rings. The van der Waals surface area contributed by atoms with Crippen LogP contribution in [-0.2, 0) is 28.6 Å². The SMILES string of the molecule is CC\C=C/C=C\C=C/C=C\CCCCCCCC(=O)OCC(COC(=O)CCCCCCCCCCC)OC(=O)CCCCC/C=C\CCCCCCCCC. The molecule has 0 saturated heterocycles. The van der Waals surface area contributed by atoms with Crippen LogP contribution in [0.25, 0.3) is 0 Å². The van der Waals surface area contributed by atoms with E-state index < -0.39 is 6.10 Å². The van der Waals surface area contributed by atoms with Crippen LogP contribution in [0.4, 0.5) is 0 Å². The van der Waals surface area contributed by atoms with E-state index in [1.165, 1.54) is 83.5 Å². The molecular weight excluding hydrogens is 697 g/mol. The molecule has 0 aromatic carbocycles. The Morgan fingerprint density at radius 1 is 0.375 bits per heavy atom. The molecule has 0 rings (SSSR count). The molecule has 0 spiro atoms. The van der Waals surface area contributed by atoms with Gasteiger partial charge < -0.3 is 14.2 Å². The molecule has 0 amide bonds. The number of hydrogen-bond donors (Lipinski definition) is 0. The number of esters is 3. The first-order valence-electron chi connectivity index (χ1n) is 23.3. The molecule has 0 heterocycles. The maximum atomic E-state index is 12.7. The Bertz CT molecular complexity index is 1040. The van der Waals surface area contributed by atoms with Gasteiger partial charge in [-0.1, -0.05) is 197 Å². The molecule has 0 saturated carbocycles. The normalized spacial score (nSPS) is 12.6. The molecule has 0 aliphatic heterocycles. The van der Waals surface area contributed by atoms with Gasteiger partial charge >= 0.3 is 17.9 Å². The van der Waals surface area contributed by atoms with Crippen LogP contribution in [-0.4, -0.2) is 37.2 Å². The highest BCUT2D eigenvalue weighted by molar-refractivity contribution is 5.71. The fourth-order valence-corrected chi connectivity index (χ4v) is 6.33. The molecule has 56 heavy (non-hydrogen) atoms. The highest BCUT2D eigenvalue weighted by atomic mass is 16.6. The Morgan fingerprint density at radius 2 is 0.714 bits per heavy atom. The lowest BCUT2D eigenvalue weighted by molar-refractivity contribution is -0.167. The number of hydrogen-bond acceptors (Lipinski definition) is 6. The van der Waals surface area contributed by atoms with Crippen LogP contribution >= 0.6 is 0 Å². The Kier molecular flexibility index (Phi) is 42.5. The third-order valence-electron chi connectivity index (χ3n) is 9.85. The minimum absolute atomic E-state index is 0.0872. The molecule has 322 valence electrons. The smallest absolute Gasteiger partial charge is 0.306 e. The molecule has 0 aromatic heterocycles. The zero-order valence-electron chi connectivity index (χ0n) is 36.6. The number of ether oxygens (including phenoxy) is 3. The second kappa shape index (κ2) is 44.8. The lowest BCUT2D eigenvalue weighted by atomic mass is 10.1. The standard InChI is InChI=1S/C50H86O6/c1-4-7-10-13-16-19-21-23-25-27-28-31-34-37-40-43-49(52)55-46-47(45-54-48(51)42-39-36-33-30-18-15-12-9-6-3)56-50(53)44-41-38-35-32-29-26-24-22-20-17-14-11-8-5-2/h7,10,13,16,19,21,23,25-26,29,47H,4-6,8-9,11-12,14-15,17-18,20,22,24,27-28,30-46H2,1-3H3/b10-7-,16-13-,21-19-,25-23-,29-26-. The number of rotatable bonds is 41. The molecule has 0 radical (unpaired) electrons. The number of carbonyl (C=O) groups excluding carboxylic acids is 3. The van der Waals surface area contributed by atoms with Gasteiger partial charge in [0.25, 0.3) is 0 Å². The van der Waals surface area contributed by atoms with E-state index in [0.29, 0.717) is 19.3 Å². The van der Waals surface area contributed by atoms with Gasteiger partial charge in [-0.05, 0) is 64.2 Å². The molecule has 6 heteroatoms. The van der Waals surface area contributed by atoms with Crippen molar-refractivity contribution in [2.75, 3.05) is 13.2 Å². The van der Waals surface area contributed by atoms with E-state index in [2.05, 4.69) is 63.3 Å². The summed E-state index contributed by atoms with van der Waals surface area (Å²) in [5.74, 6) is -0.931. The summed E-state index contributed by atoms with van der Waals surface area (Å²) in [5, 5.41) is 0. The quantitative estimate of drug-likeness (QED) is 0.0202. The fraction of sp³-hybridized carbons (Fsp3) is 0.740. The zero-order valence-corrected chi connectivity index (χ0v) is 36.6. The van der Waals surface area contributed by atoms with E-state index >= 15 is 0 Å². The van der Waals surface area contributed by atoms with Gasteiger partial charge in [0.15, 0.2) is 6.10 Å². The highest BCUT2D eigenvalue weighted by Gasteiger charge is 2.19. The summed E-state index contributed by atoms with van der Waals surface area (Å²) >= 11 is 0. The lowest BCUT2D eigenvalue weighted by Gasteiger charge is -2.18. The zero-order chi connectivity index (χ0) is 40.8. The Balaban J connectivity index is 4.42. The Morgan fingerprint density at radius 3 is 1.16 bits per heavy atom. The van der Waals surface area contributed by atoms with Gasteiger partial charge in [-0.15, -0.1) is 0 Å². The average Bonchev–Trinajstić information content (AvgIpc) is 3.19. The van der Waals surface area contributed by atoms with Crippen LogP contribution in [0.15, 0.2) is 60.8 Å². The van der Waals surface area contributed by atoms with Crippen molar-refractivity contribution in [2.24, 2.45) is 0 Å². The van der Waals surface area contributed by atoms with E-state index in [9.17, 15) is 14.4 Å². The van der Waals surface area contributed by atoms with Gasteiger partial charge in [0.05, 0.1) is 0 Å². The van der Waals surface area contributed by atoms with Crippen molar-refractivity contribution in [3.8, 4) is 0 Å². The first kappa shape index (κ1) is 53.1. The van der Waals surface area contributed by atoms with Crippen molar-refractivity contribution in [1.82, 2.24) is 0 Å². The van der Waals surface area contributed by atoms with Gasteiger partial charge in [0.2, 0.25) is 0 Å². The molecule has 0 fully saturated rings. The minimum Gasteiger partial charge on any atom is -0.462 e. The van der Waals surface area contributed by atoms with Crippen LogP contribution in [0.1, 0.15) is 220 Å². The first-order chi connectivity index (χ1) is 27.5. The number of carbonyl (C=O) groups is 3. The van der Waals surface area contributed by atoms with E-state index in [1.54, 1.807) is 0 Å². The van der Waals surface area contributed by atoms with Crippen LogP contribution in [0.5, 0.6) is 0 Å². The van der Waals surface area contributed by atoms with Gasteiger partial charge in [-0.2, -0.15) is 0 Å². The summed E-state index contributed by atoms with van der Waals surface area (Å²) in [6, 6.07) is 0. The van der Waals surface area contributed by atoms with Crippen molar-refractivity contribution in [3.05, 3.63) is 60.8 Å². The second-order valence-electron chi connectivity index (χ2n) is 15.4. The van der Waals surface area contributed by atoms with Crippen LogP contribution in [0, 0.1) is 0 Å². The molecule has 0 N–H and O–H groups in total. The molecule has 1 atom stereocenters. The first-order valence-corrected chi connectivity index (χ1v) is 23.3. The summed E-state index contributed by atoms with van der Waals surface area (Å²) < 4.78 is 16.7. The summed E-state index contributed by atoms with van der Waals surface area (Å²) in [6.45, 7) is 6.43. The number of unbranched alkanes of at least 4 members (excludes halogenated alkanes) is 23. The predicted molar refractivity (Wildman–Crippen MR) is 238 cm³/mol. The van der Waals surface area contributed by atoms with E-state index in [0.717, 1.165) is 96.3 Å². The second-order valence-corrected chi connectivity index (χ2v) is 15.4. The van der Waals surface area contributed by atoms with E-state index in [-0.39, 0.29) is 31.1 Å².